The molecule has 1 saturated heterocycles. The lowest BCUT2D eigenvalue weighted by molar-refractivity contribution is -0.125. The van der Waals surface area contributed by atoms with E-state index in [2.05, 4.69) is 5.32 Å². The SMILES string of the molecule is NC(=O)C1(COc2ccccc2)CCCN1. The van der Waals surface area contributed by atoms with Gasteiger partial charge in [-0.05, 0) is 31.5 Å². The van der Waals surface area contributed by atoms with Crippen LogP contribution in [0.15, 0.2) is 30.3 Å². The van der Waals surface area contributed by atoms with E-state index in [1.807, 2.05) is 30.3 Å². The van der Waals surface area contributed by atoms with E-state index in [1.54, 1.807) is 0 Å². The number of nitrogens with two attached hydrogens (primary N) is 1. The van der Waals surface area contributed by atoms with Gasteiger partial charge in [0.15, 0.2) is 0 Å². The van der Waals surface area contributed by atoms with Gasteiger partial charge in [0.25, 0.3) is 0 Å². The molecule has 0 saturated carbocycles. The summed E-state index contributed by atoms with van der Waals surface area (Å²) in [4.78, 5) is 11.4. The maximum absolute atomic E-state index is 11.4. The molecule has 0 radical (unpaired) electrons. The number of carbonyl (C=O) groups excluding carboxylic acids is 1. The smallest absolute Gasteiger partial charge is 0.241 e. The van der Waals surface area contributed by atoms with Crippen molar-refractivity contribution in [3.05, 3.63) is 30.3 Å². The van der Waals surface area contributed by atoms with Gasteiger partial charge < -0.3 is 15.8 Å². The predicted molar refractivity (Wildman–Crippen MR) is 61.1 cm³/mol. The van der Waals surface area contributed by atoms with Gasteiger partial charge in [-0.3, -0.25) is 4.79 Å². The Bertz CT molecular complexity index is 359. The molecule has 1 fully saturated rings. The van der Waals surface area contributed by atoms with Gasteiger partial charge in [0.2, 0.25) is 5.91 Å². The summed E-state index contributed by atoms with van der Waals surface area (Å²) < 4.78 is 5.59. The van der Waals surface area contributed by atoms with Gasteiger partial charge in [0, 0.05) is 0 Å². The molecule has 1 aromatic rings. The first kappa shape index (κ1) is 11.0. The molecule has 4 nitrogen and oxygen atoms in total. The maximum Gasteiger partial charge on any atom is 0.241 e. The third kappa shape index (κ3) is 2.17. The number of ether oxygens (including phenoxy) is 1. The Balaban J connectivity index is 2.00. The summed E-state index contributed by atoms with van der Waals surface area (Å²) in [7, 11) is 0. The number of carbonyl (C=O) groups is 1. The molecular weight excluding hydrogens is 204 g/mol. The highest BCUT2D eigenvalue weighted by molar-refractivity contribution is 5.85. The summed E-state index contributed by atoms with van der Waals surface area (Å²) in [5.74, 6) is 0.428. The quantitative estimate of drug-likeness (QED) is 0.784. The number of amides is 1. The Morgan fingerprint density at radius 2 is 2.19 bits per heavy atom. The first-order valence-corrected chi connectivity index (χ1v) is 5.46. The third-order valence-electron chi connectivity index (χ3n) is 2.94. The zero-order chi connectivity index (χ0) is 11.4. The number of nitrogens with one attached hydrogen (secondary N) is 1. The van der Waals surface area contributed by atoms with E-state index in [9.17, 15) is 4.79 Å². The standard InChI is InChI=1S/C12H16N2O2/c13-11(15)12(7-4-8-14-12)9-16-10-5-2-1-3-6-10/h1-3,5-6,14H,4,7-9H2,(H2,13,15). The molecule has 1 aromatic carbocycles. The molecule has 0 spiro atoms. The molecule has 16 heavy (non-hydrogen) atoms. The highest BCUT2D eigenvalue weighted by atomic mass is 16.5. The summed E-state index contributed by atoms with van der Waals surface area (Å²) >= 11 is 0. The van der Waals surface area contributed by atoms with Crippen molar-refractivity contribution in [2.45, 2.75) is 18.4 Å². The molecular formula is C12H16N2O2. The van der Waals surface area contributed by atoms with E-state index in [1.165, 1.54) is 0 Å². The summed E-state index contributed by atoms with van der Waals surface area (Å²) in [5.41, 5.74) is 4.73. The minimum absolute atomic E-state index is 0.298. The fourth-order valence-corrected chi connectivity index (χ4v) is 1.93. The van der Waals surface area contributed by atoms with Crippen molar-refractivity contribution >= 4 is 5.91 Å². The van der Waals surface area contributed by atoms with Crippen LogP contribution in [0.25, 0.3) is 0 Å². The third-order valence-corrected chi connectivity index (χ3v) is 2.94. The molecule has 0 bridgehead atoms. The van der Waals surface area contributed by atoms with E-state index in [0.29, 0.717) is 6.61 Å². The predicted octanol–water partition coefficient (Wildman–Crippen LogP) is 0.673. The van der Waals surface area contributed by atoms with Crippen molar-refractivity contribution in [1.29, 1.82) is 0 Å². The molecule has 0 aromatic heterocycles. The number of rotatable bonds is 4. The zero-order valence-electron chi connectivity index (χ0n) is 9.11. The number of hydrogen-bond acceptors (Lipinski definition) is 3. The monoisotopic (exact) mass is 220 g/mol. The van der Waals surface area contributed by atoms with Crippen LogP contribution in [-0.2, 0) is 4.79 Å². The van der Waals surface area contributed by atoms with Crippen LogP contribution in [-0.4, -0.2) is 24.6 Å². The highest BCUT2D eigenvalue weighted by Gasteiger charge is 2.40. The van der Waals surface area contributed by atoms with Crippen LogP contribution in [0.2, 0.25) is 0 Å². The van der Waals surface area contributed by atoms with Gasteiger partial charge in [0.05, 0.1) is 0 Å². The number of para-hydroxylation sites is 1. The summed E-state index contributed by atoms with van der Waals surface area (Å²) in [5, 5.41) is 3.14. The number of benzene rings is 1. The molecule has 4 heteroatoms. The van der Waals surface area contributed by atoms with Gasteiger partial charge in [-0.15, -0.1) is 0 Å². The van der Waals surface area contributed by atoms with Gasteiger partial charge in [0.1, 0.15) is 17.9 Å². The fraction of sp³-hybridized carbons (Fsp3) is 0.417. The normalized spacial score (nSPS) is 24.2. The van der Waals surface area contributed by atoms with Crippen LogP contribution in [0, 0.1) is 0 Å². The van der Waals surface area contributed by atoms with Crippen LogP contribution in [0.3, 0.4) is 0 Å². The first-order valence-electron chi connectivity index (χ1n) is 5.46. The molecule has 0 aliphatic carbocycles. The zero-order valence-corrected chi connectivity index (χ0v) is 9.11. The molecule has 1 aliphatic rings. The average Bonchev–Trinajstić information content (AvgIpc) is 2.78. The van der Waals surface area contributed by atoms with Crippen molar-refractivity contribution in [3.63, 3.8) is 0 Å². The van der Waals surface area contributed by atoms with Crippen molar-refractivity contribution in [3.8, 4) is 5.75 Å². The molecule has 86 valence electrons. The lowest BCUT2D eigenvalue weighted by Crippen LogP contribution is -2.55. The van der Waals surface area contributed by atoms with E-state index < -0.39 is 5.54 Å². The van der Waals surface area contributed by atoms with Gasteiger partial charge in [-0.25, -0.2) is 0 Å². The van der Waals surface area contributed by atoms with E-state index in [0.717, 1.165) is 25.1 Å². The average molecular weight is 220 g/mol. The van der Waals surface area contributed by atoms with Crippen LogP contribution in [0.4, 0.5) is 0 Å². The van der Waals surface area contributed by atoms with Crippen molar-refractivity contribution < 1.29 is 9.53 Å². The Morgan fingerprint density at radius 1 is 1.44 bits per heavy atom. The van der Waals surface area contributed by atoms with E-state index in [4.69, 9.17) is 10.5 Å². The molecule has 1 atom stereocenters. The minimum Gasteiger partial charge on any atom is -0.491 e. The minimum atomic E-state index is -0.685. The highest BCUT2D eigenvalue weighted by Crippen LogP contribution is 2.20. The Kier molecular flexibility index (Phi) is 3.10. The van der Waals surface area contributed by atoms with E-state index >= 15 is 0 Å². The van der Waals surface area contributed by atoms with Gasteiger partial charge in [-0.1, -0.05) is 18.2 Å². The second-order valence-corrected chi connectivity index (χ2v) is 4.08. The summed E-state index contributed by atoms with van der Waals surface area (Å²) in [6.45, 7) is 1.12. The lowest BCUT2D eigenvalue weighted by Gasteiger charge is -2.25. The second-order valence-electron chi connectivity index (χ2n) is 4.08. The number of primary amides is 1. The van der Waals surface area contributed by atoms with E-state index in [-0.39, 0.29) is 5.91 Å². The second kappa shape index (κ2) is 4.53. The number of hydrogen-bond donors (Lipinski definition) is 2. The van der Waals surface area contributed by atoms with Gasteiger partial charge in [-0.2, -0.15) is 0 Å². The van der Waals surface area contributed by atoms with Crippen molar-refractivity contribution in [1.82, 2.24) is 5.32 Å². The Hall–Kier alpha value is -1.55. The molecule has 3 N–H and O–H groups in total. The van der Waals surface area contributed by atoms with Gasteiger partial charge >= 0.3 is 0 Å². The Morgan fingerprint density at radius 3 is 2.75 bits per heavy atom. The summed E-state index contributed by atoms with van der Waals surface area (Å²) in [6.07, 6.45) is 1.70. The molecule has 1 heterocycles. The van der Waals surface area contributed by atoms with Crippen LogP contribution >= 0.6 is 0 Å². The van der Waals surface area contributed by atoms with Crippen molar-refractivity contribution in [2.24, 2.45) is 5.73 Å². The van der Waals surface area contributed by atoms with Crippen molar-refractivity contribution in [2.75, 3.05) is 13.2 Å². The van der Waals surface area contributed by atoms with Crippen LogP contribution in [0.1, 0.15) is 12.8 Å². The maximum atomic E-state index is 11.4. The molecule has 1 amide bonds. The summed E-state index contributed by atoms with van der Waals surface area (Å²) in [6, 6.07) is 9.44. The molecule has 1 aliphatic heterocycles. The Labute approximate surface area is 94.8 Å². The topological polar surface area (TPSA) is 64.4 Å². The molecule has 2 rings (SSSR count). The fourth-order valence-electron chi connectivity index (χ4n) is 1.93. The van der Waals surface area contributed by atoms with Crippen LogP contribution < -0.4 is 15.8 Å². The van der Waals surface area contributed by atoms with Crippen LogP contribution in [0.5, 0.6) is 5.75 Å². The lowest BCUT2D eigenvalue weighted by atomic mass is 9.98. The molecule has 1 unspecified atom stereocenters. The first-order chi connectivity index (χ1) is 7.73. The largest absolute Gasteiger partial charge is 0.491 e.